The lowest BCUT2D eigenvalue weighted by atomic mass is 10.3. The first-order valence-corrected chi connectivity index (χ1v) is 4.31. The van der Waals surface area contributed by atoms with Gasteiger partial charge in [-0.3, -0.25) is 9.48 Å². The van der Waals surface area contributed by atoms with Crippen molar-refractivity contribution in [1.29, 1.82) is 0 Å². The first-order valence-electron chi connectivity index (χ1n) is 4.31. The highest BCUT2D eigenvalue weighted by Gasteiger charge is 2.05. The Morgan fingerprint density at radius 1 is 1.50 bits per heavy atom. The number of aromatic nitrogens is 4. The van der Waals surface area contributed by atoms with Gasteiger partial charge in [-0.25, -0.2) is 9.97 Å². The van der Waals surface area contributed by atoms with Crippen molar-refractivity contribution in [3.05, 3.63) is 18.2 Å². The number of rotatable bonds is 2. The van der Waals surface area contributed by atoms with Crippen LogP contribution < -0.4 is 0 Å². The van der Waals surface area contributed by atoms with Crippen LogP contribution in [0.25, 0.3) is 11.0 Å². The SMILES string of the molecule is CC(=O)Cn1cc2c(C)ncnc2n1. The maximum absolute atomic E-state index is 10.9. The highest BCUT2D eigenvalue weighted by molar-refractivity contribution is 5.78. The Kier molecular flexibility index (Phi) is 1.99. The van der Waals surface area contributed by atoms with Gasteiger partial charge < -0.3 is 0 Å². The fourth-order valence-electron chi connectivity index (χ4n) is 1.31. The van der Waals surface area contributed by atoms with Crippen LogP contribution in [0.2, 0.25) is 0 Å². The second-order valence-corrected chi connectivity index (χ2v) is 3.23. The molecule has 0 atom stereocenters. The predicted molar refractivity (Wildman–Crippen MR) is 50.7 cm³/mol. The molecule has 0 aromatic carbocycles. The van der Waals surface area contributed by atoms with E-state index in [4.69, 9.17) is 0 Å². The Morgan fingerprint density at radius 2 is 2.29 bits per heavy atom. The van der Waals surface area contributed by atoms with E-state index >= 15 is 0 Å². The summed E-state index contributed by atoms with van der Waals surface area (Å²) >= 11 is 0. The Balaban J connectivity index is 2.51. The van der Waals surface area contributed by atoms with Crippen molar-refractivity contribution >= 4 is 16.8 Å². The van der Waals surface area contributed by atoms with Crippen molar-refractivity contribution in [2.24, 2.45) is 0 Å². The van der Waals surface area contributed by atoms with Crippen molar-refractivity contribution in [1.82, 2.24) is 19.7 Å². The number of Topliss-reactive ketones (excluding diaryl/α,β-unsaturated/α-hetero) is 1. The van der Waals surface area contributed by atoms with Crippen molar-refractivity contribution < 1.29 is 4.79 Å². The summed E-state index contributed by atoms with van der Waals surface area (Å²) in [6.07, 6.45) is 3.27. The summed E-state index contributed by atoms with van der Waals surface area (Å²) in [5, 5.41) is 5.06. The van der Waals surface area contributed by atoms with Crippen molar-refractivity contribution in [3.63, 3.8) is 0 Å². The average Bonchev–Trinajstić information content (AvgIpc) is 2.47. The van der Waals surface area contributed by atoms with Gasteiger partial charge in [-0.05, 0) is 13.8 Å². The second kappa shape index (κ2) is 3.17. The molecule has 0 N–H and O–H groups in total. The van der Waals surface area contributed by atoms with E-state index in [0.29, 0.717) is 5.65 Å². The summed E-state index contributed by atoms with van der Waals surface area (Å²) in [6.45, 7) is 3.71. The van der Waals surface area contributed by atoms with Gasteiger partial charge in [0.05, 0.1) is 17.6 Å². The van der Waals surface area contributed by atoms with Gasteiger partial charge in [0.2, 0.25) is 0 Å². The molecule has 5 heteroatoms. The summed E-state index contributed by atoms with van der Waals surface area (Å²) < 4.78 is 1.59. The molecule has 0 aliphatic carbocycles. The van der Waals surface area contributed by atoms with Crippen LogP contribution in [0.15, 0.2) is 12.5 Å². The molecule has 0 spiro atoms. The van der Waals surface area contributed by atoms with E-state index in [1.807, 2.05) is 6.92 Å². The predicted octanol–water partition coefficient (Wildman–Crippen LogP) is 0.724. The zero-order chi connectivity index (χ0) is 10.1. The van der Waals surface area contributed by atoms with E-state index in [1.54, 1.807) is 10.9 Å². The van der Waals surface area contributed by atoms with Crippen molar-refractivity contribution in [3.8, 4) is 0 Å². The van der Waals surface area contributed by atoms with Crippen molar-refractivity contribution in [2.45, 2.75) is 20.4 Å². The van der Waals surface area contributed by atoms with Gasteiger partial charge in [0.15, 0.2) is 11.4 Å². The molecule has 0 amide bonds. The molecule has 2 heterocycles. The van der Waals surface area contributed by atoms with E-state index in [9.17, 15) is 4.79 Å². The summed E-state index contributed by atoms with van der Waals surface area (Å²) in [5.41, 5.74) is 1.52. The van der Waals surface area contributed by atoms with Gasteiger partial charge in [0.25, 0.3) is 0 Å². The number of fused-ring (bicyclic) bond motifs is 1. The number of carbonyl (C=O) groups excluding carboxylic acids is 1. The summed E-state index contributed by atoms with van der Waals surface area (Å²) in [7, 11) is 0. The zero-order valence-corrected chi connectivity index (χ0v) is 8.06. The fourth-order valence-corrected chi connectivity index (χ4v) is 1.31. The minimum Gasteiger partial charge on any atom is -0.298 e. The van der Waals surface area contributed by atoms with Crippen LogP contribution in [0.3, 0.4) is 0 Å². The smallest absolute Gasteiger partial charge is 0.184 e. The van der Waals surface area contributed by atoms with E-state index < -0.39 is 0 Å². The number of aryl methyl sites for hydroxylation is 1. The Labute approximate surface area is 80.8 Å². The molecule has 0 fully saturated rings. The fraction of sp³-hybridized carbons (Fsp3) is 0.333. The second-order valence-electron chi connectivity index (χ2n) is 3.23. The third-order valence-electron chi connectivity index (χ3n) is 1.95. The molecule has 0 aliphatic heterocycles. The molecule has 0 unspecified atom stereocenters. The quantitative estimate of drug-likeness (QED) is 0.700. The number of carbonyl (C=O) groups is 1. The molecule has 14 heavy (non-hydrogen) atoms. The monoisotopic (exact) mass is 190 g/mol. The molecule has 72 valence electrons. The molecule has 2 aromatic rings. The summed E-state index contributed by atoms with van der Waals surface area (Å²) in [4.78, 5) is 18.9. The standard InChI is InChI=1S/C9H10N4O/c1-6(14)3-13-4-8-7(2)10-5-11-9(8)12-13/h4-5H,3H2,1-2H3. The molecular formula is C9H10N4O. The lowest BCUT2D eigenvalue weighted by Crippen LogP contribution is -2.06. The third kappa shape index (κ3) is 1.48. The van der Waals surface area contributed by atoms with Gasteiger partial charge in [0.1, 0.15) is 6.33 Å². The highest BCUT2D eigenvalue weighted by atomic mass is 16.1. The molecule has 0 radical (unpaired) electrons. The van der Waals surface area contributed by atoms with Gasteiger partial charge in [-0.2, -0.15) is 5.10 Å². The molecular weight excluding hydrogens is 180 g/mol. The minimum absolute atomic E-state index is 0.0726. The van der Waals surface area contributed by atoms with Crippen LogP contribution in [-0.2, 0) is 11.3 Å². The van der Waals surface area contributed by atoms with Crippen LogP contribution >= 0.6 is 0 Å². The summed E-state index contributed by atoms with van der Waals surface area (Å²) in [6, 6.07) is 0. The Bertz CT molecular complexity index is 489. The van der Waals surface area contributed by atoms with Crippen LogP contribution in [0.1, 0.15) is 12.6 Å². The van der Waals surface area contributed by atoms with Gasteiger partial charge in [-0.1, -0.05) is 0 Å². The van der Waals surface area contributed by atoms with E-state index in [-0.39, 0.29) is 12.3 Å². The summed E-state index contributed by atoms with van der Waals surface area (Å²) in [5.74, 6) is 0.0726. The van der Waals surface area contributed by atoms with Gasteiger partial charge in [-0.15, -0.1) is 0 Å². The Hall–Kier alpha value is -1.78. The molecule has 5 nitrogen and oxygen atoms in total. The number of nitrogens with zero attached hydrogens (tertiary/aromatic N) is 4. The number of ketones is 1. The first kappa shape index (κ1) is 8.80. The molecule has 0 bridgehead atoms. The lowest BCUT2D eigenvalue weighted by molar-refractivity contribution is -0.117. The van der Waals surface area contributed by atoms with Crippen LogP contribution in [0, 0.1) is 6.92 Å². The average molecular weight is 190 g/mol. The normalized spacial score (nSPS) is 10.7. The van der Waals surface area contributed by atoms with E-state index in [2.05, 4.69) is 15.1 Å². The van der Waals surface area contributed by atoms with Crippen LogP contribution in [-0.4, -0.2) is 25.5 Å². The maximum atomic E-state index is 10.9. The highest BCUT2D eigenvalue weighted by Crippen LogP contribution is 2.11. The molecule has 2 aromatic heterocycles. The largest absolute Gasteiger partial charge is 0.298 e. The zero-order valence-electron chi connectivity index (χ0n) is 8.06. The third-order valence-corrected chi connectivity index (χ3v) is 1.95. The number of hydrogen-bond donors (Lipinski definition) is 0. The van der Waals surface area contributed by atoms with Gasteiger partial charge >= 0.3 is 0 Å². The molecule has 0 saturated carbocycles. The first-order chi connectivity index (χ1) is 6.66. The molecule has 0 aliphatic rings. The lowest BCUT2D eigenvalue weighted by Gasteiger charge is -1.92. The topological polar surface area (TPSA) is 60.7 Å². The van der Waals surface area contributed by atoms with E-state index in [0.717, 1.165) is 11.1 Å². The van der Waals surface area contributed by atoms with E-state index in [1.165, 1.54) is 13.3 Å². The maximum Gasteiger partial charge on any atom is 0.184 e. The van der Waals surface area contributed by atoms with Crippen LogP contribution in [0.4, 0.5) is 0 Å². The van der Waals surface area contributed by atoms with Gasteiger partial charge in [0, 0.05) is 6.20 Å². The molecule has 2 rings (SSSR count). The number of hydrogen-bond acceptors (Lipinski definition) is 4. The molecule has 0 saturated heterocycles. The minimum atomic E-state index is 0.0726. The van der Waals surface area contributed by atoms with Crippen molar-refractivity contribution in [2.75, 3.05) is 0 Å². The van der Waals surface area contributed by atoms with Crippen LogP contribution in [0.5, 0.6) is 0 Å². The Morgan fingerprint density at radius 3 is 2.93 bits per heavy atom.